The average molecular weight is 334 g/mol. The molecule has 2 rings (SSSR count). The summed E-state index contributed by atoms with van der Waals surface area (Å²) < 4.78 is 26.1. The molecule has 2 aromatic rings. The Morgan fingerprint density at radius 1 is 1.38 bits per heavy atom. The van der Waals surface area contributed by atoms with Crippen LogP contribution < -0.4 is 11.1 Å². The van der Waals surface area contributed by atoms with Crippen molar-refractivity contribution in [2.75, 3.05) is 11.1 Å². The molecule has 0 amide bonds. The van der Waals surface area contributed by atoms with E-state index in [9.17, 15) is 8.78 Å². The molecule has 1 unspecified atom stereocenters. The molecule has 0 bridgehead atoms. The second kappa shape index (κ2) is 6.48. The molecule has 1 atom stereocenters. The Balaban J connectivity index is 2.26. The highest BCUT2D eigenvalue weighted by Gasteiger charge is 2.18. The second-order valence-electron chi connectivity index (χ2n) is 4.39. The normalized spacial score (nSPS) is 12.7. The van der Waals surface area contributed by atoms with Crippen molar-refractivity contribution in [2.24, 2.45) is 0 Å². The van der Waals surface area contributed by atoms with E-state index in [2.05, 4.69) is 20.3 Å². The first-order valence-corrected chi connectivity index (χ1v) is 7.42. The first-order chi connectivity index (χ1) is 9.90. The number of halogens is 3. The minimum Gasteiger partial charge on any atom is -0.368 e. The number of nitrogen functional groups attached to an aromatic ring is 1. The zero-order chi connectivity index (χ0) is 15.6. The van der Waals surface area contributed by atoms with Crippen LogP contribution in [0.2, 0.25) is 4.34 Å². The number of rotatable bonds is 5. The van der Waals surface area contributed by atoms with Gasteiger partial charge in [0, 0.05) is 4.88 Å². The van der Waals surface area contributed by atoms with Crippen LogP contribution >= 0.6 is 22.9 Å². The first kappa shape index (κ1) is 15.8. The molecule has 0 aliphatic rings. The summed E-state index contributed by atoms with van der Waals surface area (Å²) in [5, 5.41) is 3.00. The Morgan fingerprint density at radius 3 is 2.62 bits per heavy atom. The number of hydrogen-bond acceptors (Lipinski definition) is 6. The topological polar surface area (TPSA) is 76.7 Å². The van der Waals surface area contributed by atoms with E-state index >= 15 is 0 Å². The summed E-state index contributed by atoms with van der Waals surface area (Å²) in [5.74, 6) is -0.842. The Bertz CT molecular complexity index is 615. The highest BCUT2D eigenvalue weighted by Crippen LogP contribution is 2.33. The molecule has 2 heterocycles. The fraction of sp³-hybridized carbons (Fsp3) is 0.417. The van der Waals surface area contributed by atoms with Gasteiger partial charge in [0.25, 0.3) is 6.43 Å². The maximum absolute atomic E-state index is 12.7. The molecule has 0 saturated carbocycles. The molecule has 21 heavy (non-hydrogen) atoms. The second-order valence-corrected chi connectivity index (χ2v) is 6.07. The predicted octanol–water partition coefficient (Wildman–Crippen LogP) is 3.98. The summed E-state index contributed by atoms with van der Waals surface area (Å²) in [6, 6.07) is 1.82. The van der Waals surface area contributed by atoms with Gasteiger partial charge in [0.2, 0.25) is 17.7 Å². The number of thiophene rings is 1. The van der Waals surface area contributed by atoms with Crippen molar-refractivity contribution in [1.29, 1.82) is 0 Å². The third-order valence-corrected chi connectivity index (χ3v) is 4.47. The van der Waals surface area contributed by atoms with Crippen LogP contribution in [-0.2, 0) is 0 Å². The maximum Gasteiger partial charge on any atom is 0.297 e. The number of hydrogen-bond donors (Lipinski definition) is 2. The molecule has 2 aromatic heterocycles. The summed E-state index contributed by atoms with van der Waals surface area (Å²) in [4.78, 5) is 11.9. The van der Waals surface area contributed by atoms with Crippen LogP contribution in [0.1, 0.15) is 42.1 Å². The van der Waals surface area contributed by atoms with Gasteiger partial charge in [-0.15, -0.1) is 11.3 Å². The highest BCUT2D eigenvalue weighted by atomic mass is 35.5. The van der Waals surface area contributed by atoms with E-state index in [0.29, 0.717) is 10.8 Å². The Labute approximate surface area is 129 Å². The van der Waals surface area contributed by atoms with Crippen molar-refractivity contribution in [3.8, 4) is 0 Å². The molecule has 0 radical (unpaired) electrons. The lowest BCUT2D eigenvalue weighted by Gasteiger charge is -2.15. The van der Waals surface area contributed by atoms with Gasteiger partial charge in [-0.2, -0.15) is 15.0 Å². The van der Waals surface area contributed by atoms with Crippen LogP contribution in [-0.4, -0.2) is 15.0 Å². The lowest BCUT2D eigenvalue weighted by molar-refractivity contribution is 0.140. The molecule has 0 spiro atoms. The third-order valence-electron chi connectivity index (χ3n) is 2.80. The number of alkyl halides is 2. The summed E-state index contributed by atoms with van der Waals surface area (Å²) in [5.41, 5.74) is 6.40. The summed E-state index contributed by atoms with van der Waals surface area (Å²) in [7, 11) is 0. The van der Waals surface area contributed by atoms with E-state index in [1.165, 1.54) is 11.3 Å². The molecule has 0 saturated heterocycles. The molecular weight excluding hydrogens is 320 g/mol. The number of nitrogens with one attached hydrogen (secondary N) is 1. The lowest BCUT2D eigenvalue weighted by atomic mass is 10.2. The van der Waals surface area contributed by atoms with Crippen molar-refractivity contribution in [2.45, 2.75) is 32.7 Å². The van der Waals surface area contributed by atoms with Crippen LogP contribution in [0.15, 0.2) is 6.07 Å². The fourth-order valence-corrected chi connectivity index (χ4v) is 3.11. The highest BCUT2D eigenvalue weighted by molar-refractivity contribution is 7.16. The number of aryl methyl sites for hydroxylation is 1. The number of aromatic nitrogens is 3. The summed E-state index contributed by atoms with van der Waals surface area (Å²) in [6.07, 6.45) is -2.08. The van der Waals surface area contributed by atoms with E-state index < -0.39 is 12.2 Å². The van der Waals surface area contributed by atoms with Crippen LogP contribution in [0.3, 0.4) is 0 Å². The average Bonchev–Trinajstić information content (AvgIpc) is 2.75. The largest absolute Gasteiger partial charge is 0.368 e. The Kier molecular flexibility index (Phi) is 4.89. The maximum atomic E-state index is 12.7. The lowest BCUT2D eigenvalue weighted by Crippen LogP contribution is -2.14. The molecule has 3 N–H and O–H groups in total. The molecule has 9 heteroatoms. The molecule has 0 fully saturated rings. The van der Waals surface area contributed by atoms with Crippen molar-refractivity contribution >= 4 is 34.8 Å². The minimum absolute atomic E-state index is 0.0341. The van der Waals surface area contributed by atoms with Crippen molar-refractivity contribution < 1.29 is 8.78 Å². The zero-order valence-corrected chi connectivity index (χ0v) is 13.0. The SMILES string of the molecule is CCC(Nc1nc(N)nc(C(F)F)n1)c1cc(C)c(Cl)s1. The monoisotopic (exact) mass is 333 g/mol. The number of nitrogens with zero attached hydrogens (tertiary/aromatic N) is 3. The number of anilines is 2. The van der Waals surface area contributed by atoms with Gasteiger partial charge in [-0.05, 0) is 25.0 Å². The van der Waals surface area contributed by atoms with E-state index in [-0.39, 0.29) is 17.9 Å². The van der Waals surface area contributed by atoms with Gasteiger partial charge in [-0.3, -0.25) is 0 Å². The van der Waals surface area contributed by atoms with Crippen molar-refractivity contribution in [1.82, 2.24) is 15.0 Å². The summed E-state index contributed by atoms with van der Waals surface area (Å²) >= 11 is 7.49. The van der Waals surface area contributed by atoms with Crippen molar-refractivity contribution in [3.05, 3.63) is 26.7 Å². The fourth-order valence-electron chi connectivity index (χ4n) is 1.76. The molecule has 0 aliphatic heterocycles. The van der Waals surface area contributed by atoms with Gasteiger partial charge in [0.05, 0.1) is 10.4 Å². The zero-order valence-electron chi connectivity index (χ0n) is 11.4. The Hall–Kier alpha value is -1.54. The van der Waals surface area contributed by atoms with Gasteiger partial charge in [-0.25, -0.2) is 8.78 Å². The van der Waals surface area contributed by atoms with Crippen LogP contribution in [0.4, 0.5) is 20.7 Å². The standard InChI is InChI=1S/C12H14ClF2N5S/c1-3-6(7-4-5(2)8(13)21-7)17-12-19-10(9(14)15)18-11(16)20-12/h4,6,9H,3H2,1-2H3,(H3,16,17,18,19,20). The van der Waals surface area contributed by atoms with E-state index in [0.717, 1.165) is 10.4 Å². The minimum atomic E-state index is -2.80. The van der Waals surface area contributed by atoms with Crippen LogP contribution in [0, 0.1) is 6.92 Å². The molecule has 0 aromatic carbocycles. The number of nitrogens with two attached hydrogens (primary N) is 1. The van der Waals surface area contributed by atoms with Crippen molar-refractivity contribution in [3.63, 3.8) is 0 Å². The van der Waals surface area contributed by atoms with Gasteiger partial charge in [0.15, 0.2) is 0 Å². The van der Waals surface area contributed by atoms with Gasteiger partial charge >= 0.3 is 0 Å². The molecular formula is C12H14ClF2N5S. The quantitative estimate of drug-likeness (QED) is 0.865. The van der Waals surface area contributed by atoms with Crippen LogP contribution in [0.25, 0.3) is 0 Å². The Morgan fingerprint density at radius 2 is 2.10 bits per heavy atom. The van der Waals surface area contributed by atoms with Gasteiger partial charge in [-0.1, -0.05) is 18.5 Å². The van der Waals surface area contributed by atoms with Crippen LogP contribution in [0.5, 0.6) is 0 Å². The van der Waals surface area contributed by atoms with Gasteiger partial charge in [0.1, 0.15) is 0 Å². The molecule has 5 nitrogen and oxygen atoms in total. The molecule has 0 aliphatic carbocycles. The molecule has 114 valence electrons. The van der Waals surface area contributed by atoms with Gasteiger partial charge < -0.3 is 11.1 Å². The van der Waals surface area contributed by atoms with E-state index in [1.54, 1.807) is 0 Å². The third kappa shape index (κ3) is 3.76. The predicted molar refractivity (Wildman–Crippen MR) is 79.9 cm³/mol. The van der Waals surface area contributed by atoms with E-state index in [4.69, 9.17) is 17.3 Å². The summed E-state index contributed by atoms with van der Waals surface area (Å²) in [6.45, 7) is 3.87. The first-order valence-electron chi connectivity index (χ1n) is 6.22. The smallest absolute Gasteiger partial charge is 0.297 e. The van der Waals surface area contributed by atoms with E-state index in [1.807, 2.05) is 19.9 Å².